The normalized spacial score (nSPS) is 27.0. The Morgan fingerprint density at radius 3 is 3.07 bits per heavy atom. The van der Waals surface area contributed by atoms with Crippen LogP contribution in [0.15, 0.2) is 5.38 Å². The van der Waals surface area contributed by atoms with Crippen LogP contribution in [0.5, 0.6) is 0 Å². The predicted octanol–water partition coefficient (Wildman–Crippen LogP) is 2.64. The number of thiazole rings is 1. The van der Waals surface area contributed by atoms with E-state index in [4.69, 9.17) is 16.3 Å². The second-order valence-corrected chi connectivity index (χ2v) is 5.30. The van der Waals surface area contributed by atoms with E-state index in [-0.39, 0.29) is 5.41 Å². The molecule has 1 aromatic rings. The van der Waals surface area contributed by atoms with Crippen molar-refractivity contribution >= 4 is 22.9 Å². The minimum Gasteiger partial charge on any atom is -0.381 e. The van der Waals surface area contributed by atoms with E-state index in [1.54, 1.807) is 11.3 Å². The Morgan fingerprint density at radius 2 is 2.57 bits per heavy atom. The fraction of sp³-hybridized carbons (Fsp3) is 0.700. The number of nitrogens with zero attached hydrogens (tertiary/aromatic N) is 1. The molecular formula is C10H14ClNOS. The van der Waals surface area contributed by atoms with Crippen LogP contribution in [0.25, 0.3) is 0 Å². The quantitative estimate of drug-likeness (QED) is 0.747. The van der Waals surface area contributed by atoms with E-state index in [1.807, 2.05) is 6.92 Å². The smallest absolute Gasteiger partial charge is 0.0897 e. The maximum atomic E-state index is 6.02. The van der Waals surface area contributed by atoms with Gasteiger partial charge in [0.05, 0.1) is 17.3 Å². The molecule has 1 fully saturated rings. The fourth-order valence-electron chi connectivity index (χ4n) is 1.82. The average Bonchev–Trinajstić information content (AvgIpc) is 2.77. The molecule has 0 saturated carbocycles. The van der Waals surface area contributed by atoms with Gasteiger partial charge in [0.2, 0.25) is 0 Å². The summed E-state index contributed by atoms with van der Waals surface area (Å²) in [5.74, 6) is 0.670. The first-order valence-electron chi connectivity index (χ1n) is 4.79. The lowest BCUT2D eigenvalue weighted by Crippen LogP contribution is -2.26. The molecule has 0 amide bonds. The molecule has 0 aromatic carbocycles. The highest BCUT2D eigenvalue weighted by Crippen LogP contribution is 2.34. The molecule has 2 rings (SSSR count). The molecule has 1 unspecified atom stereocenters. The van der Waals surface area contributed by atoms with Gasteiger partial charge in [-0.1, -0.05) is 0 Å². The molecule has 14 heavy (non-hydrogen) atoms. The molecule has 0 bridgehead atoms. The van der Waals surface area contributed by atoms with Crippen molar-refractivity contribution in [3.8, 4) is 0 Å². The number of aryl methyl sites for hydroxylation is 1. The highest BCUT2D eigenvalue weighted by molar-refractivity contribution is 7.09. The van der Waals surface area contributed by atoms with Crippen LogP contribution >= 0.6 is 22.9 Å². The van der Waals surface area contributed by atoms with Crippen LogP contribution in [0.1, 0.15) is 17.1 Å². The van der Waals surface area contributed by atoms with Gasteiger partial charge in [-0.25, -0.2) is 4.98 Å². The van der Waals surface area contributed by atoms with E-state index in [0.29, 0.717) is 5.88 Å². The number of ether oxygens (including phenoxy) is 1. The van der Waals surface area contributed by atoms with Gasteiger partial charge in [-0.2, -0.15) is 0 Å². The first-order chi connectivity index (χ1) is 6.74. The third-order valence-corrected chi connectivity index (χ3v) is 4.08. The molecule has 0 radical (unpaired) electrons. The predicted molar refractivity (Wildman–Crippen MR) is 59.1 cm³/mol. The summed E-state index contributed by atoms with van der Waals surface area (Å²) < 4.78 is 5.42. The van der Waals surface area contributed by atoms with Crippen molar-refractivity contribution in [2.45, 2.75) is 19.8 Å². The summed E-state index contributed by atoms with van der Waals surface area (Å²) in [5.41, 5.74) is 1.31. The number of aromatic nitrogens is 1. The van der Waals surface area contributed by atoms with Crippen LogP contribution in [0.2, 0.25) is 0 Å². The Bertz CT molecular complexity index is 307. The third kappa shape index (κ3) is 2.10. The van der Waals surface area contributed by atoms with Crippen molar-refractivity contribution in [1.29, 1.82) is 0 Å². The highest BCUT2D eigenvalue weighted by atomic mass is 35.5. The molecule has 1 aliphatic heterocycles. The molecule has 0 spiro atoms. The number of rotatable bonds is 3. The van der Waals surface area contributed by atoms with Crippen molar-refractivity contribution in [2.24, 2.45) is 5.41 Å². The van der Waals surface area contributed by atoms with Crippen LogP contribution in [-0.4, -0.2) is 24.1 Å². The summed E-state index contributed by atoms with van der Waals surface area (Å²) in [4.78, 5) is 4.47. The Hall–Kier alpha value is -0.120. The van der Waals surface area contributed by atoms with E-state index in [2.05, 4.69) is 10.4 Å². The minimum atomic E-state index is 0.141. The second kappa shape index (κ2) is 4.17. The third-order valence-electron chi connectivity index (χ3n) is 2.69. The zero-order valence-corrected chi connectivity index (χ0v) is 9.83. The standard InChI is InChI=1S/C10H14ClNOS/c1-8-12-9(5-14-8)4-10(6-11)2-3-13-7-10/h5H,2-4,6-7H2,1H3. The average molecular weight is 232 g/mol. The van der Waals surface area contributed by atoms with Crippen LogP contribution in [0.3, 0.4) is 0 Å². The van der Waals surface area contributed by atoms with Gasteiger partial charge in [-0.15, -0.1) is 22.9 Å². The maximum Gasteiger partial charge on any atom is 0.0897 e. The number of hydrogen-bond acceptors (Lipinski definition) is 3. The number of hydrogen-bond donors (Lipinski definition) is 0. The largest absolute Gasteiger partial charge is 0.381 e. The SMILES string of the molecule is Cc1nc(CC2(CCl)CCOC2)cs1. The van der Waals surface area contributed by atoms with Crippen molar-refractivity contribution < 1.29 is 4.74 Å². The van der Waals surface area contributed by atoms with E-state index < -0.39 is 0 Å². The Kier molecular flexibility index (Phi) is 3.10. The van der Waals surface area contributed by atoms with Gasteiger partial charge in [0, 0.05) is 23.3 Å². The van der Waals surface area contributed by atoms with Gasteiger partial charge in [0.15, 0.2) is 0 Å². The van der Waals surface area contributed by atoms with Crippen LogP contribution in [-0.2, 0) is 11.2 Å². The summed E-state index contributed by atoms with van der Waals surface area (Å²) >= 11 is 7.72. The summed E-state index contributed by atoms with van der Waals surface area (Å²) in [7, 11) is 0. The summed E-state index contributed by atoms with van der Waals surface area (Å²) in [6.45, 7) is 3.66. The molecule has 1 aliphatic rings. The number of alkyl halides is 1. The molecule has 2 heterocycles. The van der Waals surface area contributed by atoms with Crippen molar-refractivity contribution in [2.75, 3.05) is 19.1 Å². The van der Waals surface area contributed by atoms with E-state index in [1.165, 1.54) is 5.69 Å². The zero-order chi connectivity index (χ0) is 10.0. The molecule has 4 heteroatoms. The lowest BCUT2D eigenvalue weighted by molar-refractivity contribution is 0.160. The topological polar surface area (TPSA) is 22.1 Å². The fourth-order valence-corrected chi connectivity index (χ4v) is 2.73. The summed E-state index contributed by atoms with van der Waals surface area (Å²) in [6, 6.07) is 0. The Balaban J connectivity index is 2.08. The van der Waals surface area contributed by atoms with Gasteiger partial charge < -0.3 is 4.74 Å². The monoisotopic (exact) mass is 231 g/mol. The number of halogens is 1. The van der Waals surface area contributed by atoms with E-state index in [9.17, 15) is 0 Å². The molecule has 1 aromatic heterocycles. The first-order valence-corrected chi connectivity index (χ1v) is 6.20. The zero-order valence-electron chi connectivity index (χ0n) is 8.25. The van der Waals surface area contributed by atoms with Gasteiger partial charge in [0.1, 0.15) is 0 Å². The Labute approximate surface area is 93.3 Å². The van der Waals surface area contributed by atoms with Crippen molar-refractivity contribution in [1.82, 2.24) is 4.98 Å². The first kappa shape index (κ1) is 10.4. The van der Waals surface area contributed by atoms with E-state index >= 15 is 0 Å². The lowest BCUT2D eigenvalue weighted by atomic mass is 9.85. The van der Waals surface area contributed by atoms with Gasteiger partial charge >= 0.3 is 0 Å². The van der Waals surface area contributed by atoms with E-state index in [0.717, 1.165) is 31.1 Å². The molecular weight excluding hydrogens is 218 g/mol. The molecule has 1 atom stereocenters. The van der Waals surface area contributed by atoms with Crippen LogP contribution in [0.4, 0.5) is 0 Å². The van der Waals surface area contributed by atoms with Gasteiger partial charge in [0.25, 0.3) is 0 Å². The molecule has 78 valence electrons. The van der Waals surface area contributed by atoms with Crippen LogP contribution < -0.4 is 0 Å². The molecule has 2 nitrogen and oxygen atoms in total. The second-order valence-electron chi connectivity index (χ2n) is 3.97. The van der Waals surface area contributed by atoms with Gasteiger partial charge in [-0.05, 0) is 19.8 Å². The highest BCUT2D eigenvalue weighted by Gasteiger charge is 2.34. The Morgan fingerprint density at radius 1 is 1.71 bits per heavy atom. The van der Waals surface area contributed by atoms with Gasteiger partial charge in [-0.3, -0.25) is 0 Å². The summed E-state index contributed by atoms with van der Waals surface area (Å²) in [5, 5.41) is 3.26. The molecule has 0 aliphatic carbocycles. The van der Waals surface area contributed by atoms with Crippen LogP contribution in [0, 0.1) is 12.3 Å². The summed E-state index contributed by atoms with van der Waals surface area (Å²) in [6.07, 6.45) is 2.02. The van der Waals surface area contributed by atoms with Crippen molar-refractivity contribution in [3.63, 3.8) is 0 Å². The van der Waals surface area contributed by atoms with Crippen molar-refractivity contribution in [3.05, 3.63) is 16.1 Å². The maximum absolute atomic E-state index is 6.02. The minimum absolute atomic E-state index is 0.141. The molecule has 0 N–H and O–H groups in total. The lowest BCUT2D eigenvalue weighted by Gasteiger charge is -2.22. The molecule has 1 saturated heterocycles.